The maximum atomic E-state index is 9.78. The number of anilines is 4. The molecule has 3 heteroatoms. The van der Waals surface area contributed by atoms with Gasteiger partial charge >= 0.3 is 0 Å². The molecule has 0 bridgehead atoms. The fraction of sp³-hybridized carbons (Fsp3) is 0.0152. The molecule has 0 unspecified atom stereocenters. The van der Waals surface area contributed by atoms with Gasteiger partial charge in [-0.3, -0.25) is 0 Å². The Balaban J connectivity index is 1.03. The van der Waals surface area contributed by atoms with E-state index in [0.717, 1.165) is 50.7 Å². The van der Waals surface area contributed by atoms with Crippen LogP contribution in [0.5, 0.6) is 0 Å². The van der Waals surface area contributed by atoms with Gasteiger partial charge in [-0.25, -0.2) is 0 Å². The van der Waals surface area contributed by atoms with Crippen LogP contribution in [0.1, 0.15) is 11.1 Å². The van der Waals surface area contributed by atoms with E-state index < -0.39 is 0 Å². The van der Waals surface area contributed by atoms with Crippen LogP contribution in [0.25, 0.3) is 82.0 Å². The fourth-order valence-electron chi connectivity index (χ4n) is 10.4. The first-order valence-electron chi connectivity index (χ1n) is 23.5. The van der Waals surface area contributed by atoms with E-state index in [9.17, 15) is 5.26 Å². The van der Waals surface area contributed by atoms with Crippen molar-refractivity contribution in [2.75, 3.05) is 16.3 Å². The summed E-state index contributed by atoms with van der Waals surface area (Å²) in [6.45, 7) is 5.31. The Kier molecular flexibility index (Phi) is 10.5. The highest BCUT2D eigenvalue weighted by atomic mass is 15.2. The van der Waals surface area contributed by atoms with Crippen LogP contribution in [0.4, 0.5) is 22.7 Å². The van der Waals surface area contributed by atoms with Gasteiger partial charge in [0.15, 0.2) is 0 Å². The minimum absolute atomic E-state index is 0.612. The van der Waals surface area contributed by atoms with Crippen molar-refractivity contribution >= 4 is 71.4 Å². The lowest BCUT2D eigenvalue weighted by molar-refractivity contribution is 1.09. The lowest BCUT2D eigenvalue weighted by Gasteiger charge is -2.27. The third-order valence-electron chi connectivity index (χ3n) is 13.6. The molecule has 69 heavy (non-hydrogen) atoms. The minimum atomic E-state index is 0.612. The van der Waals surface area contributed by atoms with Crippen LogP contribution in [0, 0.1) is 11.3 Å². The zero-order chi connectivity index (χ0) is 46.3. The van der Waals surface area contributed by atoms with E-state index in [1.54, 1.807) is 0 Å². The molecule has 0 fully saturated rings. The average Bonchev–Trinajstić information content (AvgIpc) is 3.48. The fourth-order valence-corrected chi connectivity index (χ4v) is 10.4. The van der Waals surface area contributed by atoms with Crippen LogP contribution >= 0.6 is 0 Å². The number of fused-ring (bicyclic) bond motifs is 5. The van der Waals surface area contributed by atoms with Gasteiger partial charge in [0, 0.05) is 40.6 Å². The summed E-state index contributed by atoms with van der Waals surface area (Å²) in [6, 6.07) is 84.8. The van der Waals surface area contributed by atoms with Crippen molar-refractivity contribution in [3.63, 3.8) is 0 Å². The number of benzene rings is 11. The molecule has 0 saturated heterocycles. The van der Waals surface area contributed by atoms with Gasteiger partial charge < -0.3 is 9.80 Å². The number of para-hydroxylation sites is 2. The van der Waals surface area contributed by atoms with Crippen LogP contribution < -0.4 is 9.80 Å². The SMILES string of the molecule is C=C1/C=C(N(c2ccc(C#N)cc2)c2ccc(-c3ccc4c(-c5cccc6ccccc56)c5ccccc5c(-c5cccc6ccccc56)c4c3)cc2)\C=C/CN(c2ccccc2)c2ccccc21. The summed E-state index contributed by atoms with van der Waals surface area (Å²) in [6.07, 6.45) is 6.58. The number of rotatable bonds is 7. The van der Waals surface area contributed by atoms with Crippen molar-refractivity contribution < 1.29 is 0 Å². The molecule has 324 valence electrons. The van der Waals surface area contributed by atoms with Crippen LogP contribution in [-0.2, 0) is 0 Å². The first-order valence-corrected chi connectivity index (χ1v) is 23.5. The maximum Gasteiger partial charge on any atom is 0.0991 e. The van der Waals surface area contributed by atoms with Crippen LogP contribution in [0.2, 0.25) is 0 Å². The number of allylic oxidation sites excluding steroid dienone is 3. The van der Waals surface area contributed by atoms with E-state index >= 15 is 0 Å². The molecule has 1 heterocycles. The van der Waals surface area contributed by atoms with Crippen molar-refractivity contribution in [2.45, 2.75) is 0 Å². The predicted molar refractivity (Wildman–Crippen MR) is 292 cm³/mol. The molecule has 0 spiro atoms. The van der Waals surface area contributed by atoms with E-state index in [2.05, 4.69) is 247 Å². The van der Waals surface area contributed by atoms with Gasteiger partial charge in [0.2, 0.25) is 0 Å². The Morgan fingerprint density at radius 3 is 1.61 bits per heavy atom. The van der Waals surface area contributed by atoms with Gasteiger partial charge in [0.1, 0.15) is 0 Å². The van der Waals surface area contributed by atoms with Gasteiger partial charge in [0.25, 0.3) is 0 Å². The molecular weight excluding hydrogens is 835 g/mol. The summed E-state index contributed by atoms with van der Waals surface area (Å²) in [5, 5.41) is 19.6. The molecule has 0 aromatic heterocycles. The Morgan fingerprint density at radius 1 is 0.449 bits per heavy atom. The molecule has 1 aliphatic heterocycles. The van der Waals surface area contributed by atoms with E-state index in [4.69, 9.17) is 0 Å². The van der Waals surface area contributed by atoms with Crippen molar-refractivity contribution in [1.82, 2.24) is 0 Å². The largest absolute Gasteiger partial charge is 0.337 e. The predicted octanol–water partition coefficient (Wildman–Crippen LogP) is 17.6. The number of hydrogen-bond acceptors (Lipinski definition) is 3. The summed E-state index contributed by atoms with van der Waals surface area (Å²) < 4.78 is 0. The maximum absolute atomic E-state index is 9.78. The Morgan fingerprint density at radius 2 is 0.957 bits per heavy atom. The Labute approximate surface area is 402 Å². The molecule has 0 atom stereocenters. The zero-order valence-corrected chi connectivity index (χ0v) is 37.9. The highest BCUT2D eigenvalue weighted by molar-refractivity contribution is 6.25. The van der Waals surface area contributed by atoms with Crippen molar-refractivity contribution in [3.05, 3.63) is 272 Å². The molecule has 0 N–H and O–H groups in total. The molecular formula is C66H45N3. The van der Waals surface area contributed by atoms with Crippen molar-refractivity contribution in [3.8, 4) is 39.4 Å². The average molecular weight is 880 g/mol. The highest BCUT2D eigenvalue weighted by Gasteiger charge is 2.22. The summed E-state index contributed by atoms with van der Waals surface area (Å²) in [4.78, 5) is 4.59. The molecule has 11 aromatic carbocycles. The van der Waals surface area contributed by atoms with Gasteiger partial charge in [0.05, 0.1) is 11.6 Å². The molecule has 1 aliphatic rings. The smallest absolute Gasteiger partial charge is 0.0991 e. The van der Waals surface area contributed by atoms with Gasteiger partial charge in [-0.05, 0) is 155 Å². The van der Waals surface area contributed by atoms with E-state index in [0.29, 0.717) is 12.1 Å². The van der Waals surface area contributed by atoms with E-state index in [1.165, 1.54) is 65.3 Å². The van der Waals surface area contributed by atoms with Gasteiger partial charge in [-0.15, -0.1) is 0 Å². The summed E-state index contributed by atoms with van der Waals surface area (Å²) in [5.74, 6) is 0. The molecule has 0 radical (unpaired) electrons. The first kappa shape index (κ1) is 41.2. The standard InChI is InChI=1S/C66H45N3/c1-45-42-54(22-15-41-68(51-20-3-2-4-21-51)64-30-12-11-23-55(45)64)69(52-36-31-46(44-67)32-37-52)53-38-33-47(34-39-53)50-35-40-62-63(43-50)66(59-29-14-19-49-17-6-8-25-57(49)59)61-27-10-9-26-60(61)65(62)58-28-13-18-48-16-5-7-24-56(48)58/h2-40,42-43H,1,41H2/b22-15-,54-42+. The molecule has 0 saturated carbocycles. The Hall–Kier alpha value is -9.23. The molecule has 11 aromatic rings. The number of nitrogens with zero attached hydrogens (tertiary/aromatic N) is 3. The second-order valence-electron chi connectivity index (χ2n) is 17.6. The van der Waals surface area contributed by atoms with Crippen molar-refractivity contribution in [1.29, 1.82) is 5.26 Å². The van der Waals surface area contributed by atoms with Crippen LogP contribution in [-0.4, -0.2) is 6.54 Å². The molecule has 0 aliphatic carbocycles. The normalized spacial score (nSPS) is 13.8. The molecule has 0 amide bonds. The van der Waals surface area contributed by atoms with Crippen LogP contribution in [0.15, 0.2) is 261 Å². The first-order chi connectivity index (χ1) is 34.1. The Bertz CT molecular complexity index is 3880. The molecule has 3 nitrogen and oxygen atoms in total. The van der Waals surface area contributed by atoms with Gasteiger partial charge in [-0.2, -0.15) is 5.26 Å². The lowest BCUT2D eigenvalue weighted by Crippen LogP contribution is -2.18. The topological polar surface area (TPSA) is 30.3 Å². The van der Waals surface area contributed by atoms with E-state index in [1.807, 2.05) is 24.3 Å². The third-order valence-corrected chi connectivity index (χ3v) is 13.6. The minimum Gasteiger partial charge on any atom is -0.337 e. The second-order valence-corrected chi connectivity index (χ2v) is 17.6. The lowest BCUT2D eigenvalue weighted by atomic mass is 9.83. The summed E-state index contributed by atoms with van der Waals surface area (Å²) >= 11 is 0. The quantitative estimate of drug-likeness (QED) is 0.149. The van der Waals surface area contributed by atoms with Gasteiger partial charge in [-0.1, -0.05) is 183 Å². The zero-order valence-electron chi connectivity index (χ0n) is 37.9. The summed E-state index contributed by atoms with van der Waals surface area (Å²) in [7, 11) is 0. The monoisotopic (exact) mass is 879 g/mol. The second kappa shape index (κ2) is 17.5. The van der Waals surface area contributed by atoms with Crippen molar-refractivity contribution in [2.24, 2.45) is 0 Å². The van der Waals surface area contributed by atoms with Crippen LogP contribution in [0.3, 0.4) is 0 Å². The summed E-state index contributed by atoms with van der Waals surface area (Å²) in [5.41, 5.74) is 14.8. The highest BCUT2D eigenvalue weighted by Crippen LogP contribution is 2.48. The third kappa shape index (κ3) is 7.42. The number of nitriles is 1. The number of hydrogen-bond donors (Lipinski definition) is 0. The van der Waals surface area contributed by atoms with E-state index in [-0.39, 0.29) is 0 Å². The molecule has 12 rings (SSSR count).